The van der Waals surface area contributed by atoms with Crippen LogP contribution in [0.15, 0.2) is 64.4 Å². The highest BCUT2D eigenvalue weighted by molar-refractivity contribution is 7.13. The van der Waals surface area contributed by atoms with Crippen LogP contribution in [0.5, 0.6) is 0 Å². The molecule has 0 aliphatic carbocycles. The number of halogens is 1. The summed E-state index contributed by atoms with van der Waals surface area (Å²) in [7, 11) is 0. The number of thiazole rings is 1. The summed E-state index contributed by atoms with van der Waals surface area (Å²) in [6.07, 6.45) is 0.0967. The van der Waals surface area contributed by atoms with Gasteiger partial charge in [-0.2, -0.15) is 0 Å². The number of carbonyl (C=O) groups is 1. The molecular weight excluding hydrogens is 408 g/mol. The Balaban J connectivity index is 1.37. The second kappa shape index (κ2) is 8.59. The minimum absolute atomic E-state index is 0.0618. The highest BCUT2D eigenvalue weighted by atomic mass is 35.5. The molecule has 2 aromatic heterocycles. The van der Waals surface area contributed by atoms with Crippen LogP contribution in [0.4, 0.5) is 0 Å². The molecule has 0 bridgehead atoms. The zero-order valence-electron chi connectivity index (χ0n) is 15.6. The average molecular weight is 425 g/mol. The van der Waals surface area contributed by atoms with E-state index in [1.807, 2.05) is 60.0 Å². The highest BCUT2D eigenvalue weighted by Crippen LogP contribution is 2.26. The summed E-state index contributed by atoms with van der Waals surface area (Å²) in [5.41, 5.74) is 3.07. The fourth-order valence-electron chi connectivity index (χ4n) is 2.76. The molecule has 0 saturated carbocycles. The van der Waals surface area contributed by atoms with Gasteiger partial charge in [0.25, 0.3) is 0 Å². The van der Waals surface area contributed by atoms with Crippen molar-refractivity contribution in [2.45, 2.75) is 20.0 Å². The molecular formula is C22H17ClN2O3S. The SMILES string of the molecule is Cc1oc(-c2ccccc2)nc1COC(=O)Cc1csc(-c2cccc(Cl)c2)n1. The molecule has 0 N–H and O–H groups in total. The maximum Gasteiger partial charge on any atom is 0.312 e. The molecule has 29 heavy (non-hydrogen) atoms. The van der Waals surface area contributed by atoms with Gasteiger partial charge in [0.05, 0.1) is 12.1 Å². The maximum absolute atomic E-state index is 12.2. The normalized spacial score (nSPS) is 10.8. The Morgan fingerprint density at radius 1 is 1.10 bits per heavy atom. The third-order valence-corrected chi connectivity index (χ3v) is 5.41. The number of esters is 1. The number of hydrogen-bond donors (Lipinski definition) is 0. The number of rotatable bonds is 6. The molecule has 7 heteroatoms. The molecule has 0 fully saturated rings. The molecule has 4 rings (SSSR count). The zero-order chi connectivity index (χ0) is 20.2. The smallest absolute Gasteiger partial charge is 0.312 e. The molecule has 0 unspecified atom stereocenters. The van der Waals surface area contributed by atoms with E-state index in [1.54, 1.807) is 6.92 Å². The van der Waals surface area contributed by atoms with Crippen LogP contribution in [0.3, 0.4) is 0 Å². The lowest BCUT2D eigenvalue weighted by molar-refractivity contribution is -0.144. The Morgan fingerprint density at radius 2 is 1.90 bits per heavy atom. The third kappa shape index (κ3) is 4.72. The number of ether oxygens (including phenoxy) is 1. The number of benzene rings is 2. The Labute approximate surface area is 177 Å². The van der Waals surface area contributed by atoms with Crippen LogP contribution >= 0.6 is 22.9 Å². The van der Waals surface area contributed by atoms with Crippen molar-refractivity contribution >= 4 is 28.9 Å². The second-order valence-electron chi connectivity index (χ2n) is 6.38. The molecule has 2 heterocycles. The van der Waals surface area contributed by atoms with Gasteiger partial charge in [0.15, 0.2) is 0 Å². The number of oxazole rings is 1. The molecule has 146 valence electrons. The van der Waals surface area contributed by atoms with Crippen molar-refractivity contribution in [3.63, 3.8) is 0 Å². The lowest BCUT2D eigenvalue weighted by atomic mass is 10.2. The largest absolute Gasteiger partial charge is 0.459 e. The van der Waals surface area contributed by atoms with E-state index in [-0.39, 0.29) is 19.0 Å². The molecule has 0 radical (unpaired) electrons. The summed E-state index contributed by atoms with van der Waals surface area (Å²) < 4.78 is 11.1. The predicted octanol–water partition coefficient (Wildman–Crippen LogP) is 5.71. The third-order valence-electron chi connectivity index (χ3n) is 4.23. The van der Waals surface area contributed by atoms with E-state index in [1.165, 1.54) is 11.3 Å². The van der Waals surface area contributed by atoms with E-state index < -0.39 is 0 Å². The first kappa shape index (κ1) is 19.4. The van der Waals surface area contributed by atoms with E-state index >= 15 is 0 Å². The zero-order valence-corrected chi connectivity index (χ0v) is 17.2. The molecule has 0 amide bonds. The Bertz CT molecular complexity index is 1140. The predicted molar refractivity (Wildman–Crippen MR) is 113 cm³/mol. The van der Waals surface area contributed by atoms with Crippen LogP contribution in [0, 0.1) is 6.92 Å². The van der Waals surface area contributed by atoms with Gasteiger partial charge in [-0.15, -0.1) is 11.3 Å². The molecule has 0 saturated heterocycles. The summed E-state index contributed by atoms with van der Waals surface area (Å²) in [4.78, 5) is 21.2. The monoisotopic (exact) mass is 424 g/mol. The van der Waals surface area contributed by atoms with Gasteiger partial charge in [0.1, 0.15) is 23.1 Å². The summed E-state index contributed by atoms with van der Waals surface area (Å²) in [6.45, 7) is 1.87. The Kier molecular flexibility index (Phi) is 5.74. The van der Waals surface area contributed by atoms with Crippen LogP contribution in [0.1, 0.15) is 17.1 Å². The fraction of sp³-hybridized carbons (Fsp3) is 0.136. The molecule has 2 aromatic carbocycles. The van der Waals surface area contributed by atoms with E-state index in [4.69, 9.17) is 20.8 Å². The van der Waals surface area contributed by atoms with Gasteiger partial charge < -0.3 is 9.15 Å². The van der Waals surface area contributed by atoms with Gasteiger partial charge in [0, 0.05) is 21.5 Å². The minimum Gasteiger partial charge on any atom is -0.459 e. The summed E-state index contributed by atoms with van der Waals surface area (Å²) in [6, 6.07) is 17.1. The van der Waals surface area contributed by atoms with Crippen LogP contribution in [0.2, 0.25) is 5.02 Å². The number of carbonyl (C=O) groups excluding carboxylic acids is 1. The standard InChI is InChI=1S/C22H17ClN2O3S/c1-14-19(25-21(28-14)15-6-3-2-4-7-15)12-27-20(26)11-18-13-29-22(24-18)16-8-5-9-17(23)10-16/h2-10,13H,11-12H2,1H3. The van der Waals surface area contributed by atoms with E-state index in [9.17, 15) is 4.79 Å². The summed E-state index contributed by atoms with van der Waals surface area (Å²) in [5, 5.41) is 3.32. The van der Waals surface area contributed by atoms with E-state index in [2.05, 4.69) is 9.97 Å². The van der Waals surface area contributed by atoms with Crippen LogP contribution < -0.4 is 0 Å². The summed E-state index contributed by atoms with van der Waals surface area (Å²) in [5.74, 6) is 0.782. The van der Waals surface area contributed by atoms with Gasteiger partial charge in [-0.1, -0.05) is 41.9 Å². The number of aryl methyl sites for hydroxylation is 1. The van der Waals surface area contributed by atoms with Crippen LogP contribution in [-0.2, 0) is 22.6 Å². The fourth-order valence-corrected chi connectivity index (χ4v) is 3.76. The van der Waals surface area contributed by atoms with Gasteiger partial charge in [-0.25, -0.2) is 9.97 Å². The highest BCUT2D eigenvalue weighted by Gasteiger charge is 2.15. The van der Waals surface area contributed by atoms with E-state index in [0.717, 1.165) is 16.1 Å². The average Bonchev–Trinajstić information content (AvgIpc) is 3.34. The van der Waals surface area contributed by atoms with Gasteiger partial charge in [0.2, 0.25) is 5.89 Å². The molecule has 5 nitrogen and oxygen atoms in total. The molecule has 0 aliphatic rings. The molecule has 0 atom stereocenters. The quantitative estimate of drug-likeness (QED) is 0.371. The first-order valence-electron chi connectivity index (χ1n) is 8.96. The summed E-state index contributed by atoms with van der Waals surface area (Å²) >= 11 is 7.49. The van der Waals surface area contributed by atoms with E-state index in [0.29, 0.717) is 28.1 Å². The lowest BCUT2D eigenvalue weighted by Crippen LogP contribution is -2.09. The van der Waals surface area contributed by atoms with Gasteiger partial charge in [-0.05, 0) is 31.2 Å². The molecule has 0 aliphatic heterocycles. The van der Waals surface area contributed by atoms with Gasteiger partial charge in [-0.3, -0.25) is 4.79 Å². The molecule has 0 spiro atoms. The lowest BCUT2D eigenvalue weighted by Gasteiger charge is -2.01. The second-order valence-corrected chi connectivity index (χ2v) is 7.67. The van der Waals surface area contributed by atoms with Crippen molar-refractivity contribution in [1.29, 1.82) is 0 Å². The van der Waals surface area contributed by atoms with Crippen LogP contribution in [-0.4, -0.2) is 15.9 Å². The topological polar surface area (TPSA) is 65.2 Å². The van der Waals surface area contributed by atoms with Crippen molar-refractivity contribution in [3.05, 3.63) is 82.1 Å². The van der Waals surface area contributed by atoms with Crippen molar-refractivity contribution in [2.24, 2.45) is 0 Å². The van der Waals surface area contributed by atoms with Gasteiger partial charge >= 0.3 is 5.97 Å². The first-order valence-corrected chi connectivity index (χ1v) is 10.2. The Hall–Kier alpha value is -2.96. The molecule has 4 aromatic rings. The number of nitrogens with zero attached hydrogens (tertiary/aromatic N) is 2. The minimum atomic E-state index is -0.364. The van der Waals surface area contributed by atoms with Crippen LogP contribution in [0.25, 0.3) is 22.0 Å². The van der Waals surface area contributed by atoms with Crippen molar-refractivity contribution in [1.82, 2.24) is 9.97 Å². The first-order chi connectivity index (χ1) is 14.1. The van der Waals surface area contributed by atoms with Crippen molar-refractivity contribution < 1.29 is 13.9 Å². The maximum atomic E-state index is 12.2. The number of aromatic nitrogens is 2. The van der Waals surface area contributed by atoms with Crippen molar-refractivity contribution in [3.8, 4) is 22.0 Å². The van der Waals surface area contributed by atoms with Crippen molar-refractivity contribution in [2.75, 3.05) is 0 Å². The number of hydrogen-bond acceptors (Lipinski definition) is 6. The Morgan fingerprint density at radius 3 is 2.69 bits per heavy atom.